The molecule has 0 bridgehead atoms. The second-order valence-electron chi connectivity index (χ2n) is 4.66. The van der Waals surface area contributed by atoms with E-state index in [0.29, 0.717) is 5.56 Å². The van der Waals surface area contributed by atoms with Crippen LogP contribution < -0.4 is 5.32 Å². The lowest BCUT2D eigenvalue weighted by atomic mass is 10.2. The van der Waals surface area contributed by atoms with E-state index < -0.39 is 0 Å². The lowest BCUT2D eigenvalue weighted by Crippen LogP contribution is -2.18. The van der Waals surface area contributed by atoms with Crippen molar-refractivity contribution < 1.29 is 9.53 Å². The van der Waals surface area contributed by atoms with E-state index in [0.717, 1.165) is 18.7 Å². The van der Waals surface area contributed by atoms with Crippen LogP contribution in [0.1, 0.15) is 23.7 Å². The Labute approximate surface area is 119 Å². The summed E-state index contributed by atoms with van der Waals surface area (Å²) in [5, 5.41) is 3.30. The summed E-state index contributed by atoms with van der Waals surface area (Å²) in [5.41, 5.74) is 1.67. The number of anilines is 1. The number of esters is 1. The highest BCUT2D eigenvalue weighted by Gasteiger charge is 2.10. The molecule has 2 aromatic rings. The molecule has 0 fully saturated rings. The van der Waals surface area contributed by atoms with E-state index in [2.05, 4.69) is 5.32 Å². The molecule has 0 aliphatic carbocycles. The number of rotatable bonds is 6. The molecule has 1 unspecified atom stereocenters. The summed E-state index contributed by atoms with van der Waals surface area (Å²) in [6.07, 6.45) is 0.659. The lowest BCUT2D eigenvalue weighted by molar-refractivity contribution is 0.0332. The smallest absolute Gasteiger partial charge is 0.338 e. The van der Waals surface area contributed by atoms with E-state index in [1.54, 1.807) is 12.1 Å². The molecule has 1 N–H and O–H groups in total. The zero-order valence-corrected chi connectivity index (χ0v) is 11.6. The van der Waals surface area contributed by atoms with Gasteiger partial charge in [-0.25, -0.2) is 4.79 Å². The Morgan fingerprint density at radius 3 is 2.30 bits per heavy atom. The molecule has 2 rings (SSSR count). The minimum Gasteiger partial charge on any atom is -0.459 e. The molecule has 0 spiro atoms. The van der Waals surface area contributed by atoms with Gasteiger partial charge < -0.3 is 10.1 Å². The zero-order valence-electron chi connectivity index (χ0n) is 11.6. The second-order valence-corrected chi connectivity index (χ2v) is 4.66. The summed E-state index contributed by atoms with van der Waals surface area (Å²) in [4.78, 5) is 11.8. The van der Waals surface area contributed by atoms with Crippen LogP contribution in [0.4, 0.5) is 5.69 Å². The summed E-state index contributed by atoms with van der Waals surface area (Å²) in [5.74, 6) is -0.266. The first-order valence-corrected chi connectivity index (χ1v) is 6.80. The van der Waals surface area contributed by atoms with Crippen molar-refractivity contribution in [2.75, 3.05) is 11.9 Å². The van der Waals surface area contributed by atoms with Gasteiger partial charge in [0.2, 0.25) is 0 Å². The Bertz CT molecular complexity index is 525. The number of para-hydroxylation sites is 1. The van der Waals surface area contributed by atoms with Crippen molar-refractivity contribution in [2.45, 2.75) is 19.4 Å². The van der Waals surface area contributed by atoms with Gasteiger partial charge in [0, 0.05) is 18.7 Å². The predicted molar refractivity (Wildman–Crippen MR) is 80.9 cm³/mol. The molecule has 1 atom stereocenters. The maximum Gasteiger partial charge on any atom is 0.338 e. The average molecular weight is 269 g/mol. The number of carbonyl (C=O) groups excluding carboxylic acids is 1. The highest BCUT2D eigenvalue weighted by molar-refractivity contribution is 5.89. The fourth-order valence-corrected chi connectivity index (χ4v) is 1.86. The third-order valence-electron chi connectivity index (χ3n) is 2.97. The SMILES string of the molecule is CC(CCNc1ccccc1)OC(=O)c1ccccc1. The van der Waals surface area contributed by atoms with E-state index >= 15 is 0 Å². The molecule has 0 saturated carbocycles. The number of hydrogen-bond donors (Lipinski definition) is 1. The molecule has 20 heavy (non-hydrogen) atoms. The van der Waals surface area contributed by atoms with Gasteiger partial charge >= 0.3 is 5.97 Å². The monoisotopic (exact) mass is 269 g/mol. The van der Waals surface area contributed by atoms with Crippen molar-refractivity contribution in [3.8, 4) is 0 Å². The summed E-state index contributed by atoms with van der Waals surface area (Å²) in [7, 11) is 0. The first-order chi connectivity index (χ1) is 9.75. The number of benzene rings is 2. The normalized spacial score (nSPS) is 11.7. The van der Waals surface area contributed by atoms with Crippen LogP contribution in [-0.2, 0) is 4.74 Å². The molecule has 3 heteroatoms. The second kappa shape index (κ2) is 7.34. The molecule has 0 amide bonds. The quantitative estimate of drug-likeness (QED) is 0.812. The Kier molecular flexibility index (Phi) is 5.18. The fourth-order valence-electron chi connectivity index (χ4n) is 1.86. The van der Waals surface area contributed by atoms with Gasteiger partial charge in [-0.3, -0.25) is 0 Å². The van der Waals surface area contributed by atoms with Gasteiger partial charge in [-0.2, -0.15) is 0 Å². The van der Waals surface area contributed by atoms with Gasteiger partial charge in [0.25, 0.3) is 0 Å². The average Bonchev–Trinajstić information content (AvgIpc) is 2.49. The van der Waals surface area contributed by atoms with E-state index in [-0.39, 0.29) is 12.1 Å². The molecular formula is C17H19NO2. The van der Waals surface area contributed by atoms with Crippen molar-refractivity contribution in [1.82, 2.24) is 0 Å². The molecule has 3 nitrogen and oxygen atoms in total. The van der Waals surface area contributed by atoms with Crippen molar-refractivity contribution in [2.24, 2.45) is 0 Å². The van der Waals surface area contributed by atoms with Crippen LogP contribution in [-0.4, -0.2) is 18.6 Å². The van der Waals surface area contributed by atoms with Gasteiger partial charge in [0.15, 0.2) is 0 Å². The molecule has 0 heterocycles. The molecule has 0 radical (unpaired) electrons. The van der Waals surface area contributed by atoms with Gasteiger partial charge in [-0.05, 0) is 31.2 Å². The number of carbonyl (C=O) groups is 1. The topological polar surface area (TPSA) is 38.3 Å². The molecule has 0 aliphatic rings. The van der Waals surface area contributed by atoms with E-state index in [1.807, 2.05) is 55.5 Å². The standard InChI is InChI=1S/C17H19NO2/c1-14(12-13-18-16-10-6-3-7-11-16)20-17(19)15-8-4-2-5-9-15/h2-11,14,18H,12-13H2,1H3. The van der Waals surface area contributed by atoms with Crippen LogP contribution in [0.2, 0.25) is 0 Å². The first kappa shape index (κ1) is 14.1. The van der Waals surface area contributed by atoms with Crippen LogP contribution >= 0.6 is 0 Å². The number of nitrogens with one attached hydrogen (secondary N) is 1. The minimum absolute atomic E-state index is 0.112. The summed E-state index contributed by atoms with van der Waals surface area (Å²) in [6, 6.07) is 19.0. The highest BCUT2D eigenvalue weighted by Crippen LogP contribution is 2.08. The molecular weight excluding hydrogens is 250 g/mol. The molecule has 0 saturated heterocycles. The van der Waals surface area contributed by atoms with Crippen LogP contribution in [0.3, 0.4) is 0 Å². The van der Waals surface area contributed by atoms with Gasteiger partial charge in [-0.1, -0.05) is 36.4 Å². The highest BCUT2D eigenvalue weighted by atomic mass is 16.5. The summed E-state index contributed by atoms with van der Waals surface area (Å²) >= 11 is 0. The van der Waals surface area contributed by atoms with Crippen LogP contribution in [0.25, 0.3) is 0 Å². The van der Waals surface area contributed by atoms with E-state index in [9.17, 15) is 4.79 Å². The van der Waals surface area contributed by atoms with Crippen molar-refractivity contribution >= 4 is 11.7 Å². The van der Waals surface area contributed by atoms with Crippen molar-refractivity contribution in [3.05, 3.63) is 66.2 Å². The summed E-state index contributed by atoms with van der Waals surface area (Å²) < 4.78 is 5.40. The van der Waals surface area contributed by atoms with Crippen LogP contribution in [0, 0.1) is 0 Å². The predicted octanol–water partition coefficient (Wildman–Crippen LogP) is 3.73. The van der Waals surface area contributed by atoms with Crippen LogP contribution in [0.15, 0.2) is 60.7 Å². The molecule has 0 aliphatic heterocycles. The van der Waals surface area contributed by atoms with Gasteiger partial charge in [0.1, 0.15) is 6.10 Å². The minimum atomic E-state index is -0.266. The number of ether oxygens (including phenoxy) is 1. The van der Waals surface area contributed by atoms with Gasteiger partial charge in [-0.15, -0.1) is 0 Å². The molecule has 104 valence electrons. The molecule has 0 aromatic heterocycles. The summed E-state index contributed by atoms with van der Waals surface area (Å²) in [6.45, 7) is 2.68. The Morgan fingerprint density at radius 1 is 1.05 bits per heavy atom. The Morgan fingerprint density at radius 2 is 1.65 bits per heavy atom. The Balaban J connectivity index is 1.73. The number of hydrogen-bond acceptors (Lipinski definition) is 3. The van der Waals surface area contributed by atoms with Crippen LogP contribution in [0.5, 0.6) is 0 Å². The maximum atomic E-state index is 11.8. The Hall–Kier alpha value is -2.29. The third kappa shape index (κ3) is 4.43. The largest absolute Gasteiger partial charge is 0.459 e. The van der Waals surface area contributed by atoms with E-state index in [4.69, 9.17) is 4.74 Å². The fraction of sp³-hybridized carbons (Fsp3) is 0.235. The first-order valence-electron chi connectivity index (χ1n) is 6.80. The third-order valence-corrected chi connectivity index (χ3v) is 2.97. The maximum absolute atomic E-state index is 11.8. The lowest BCUT2D eigenvalue weighted by Gasteiger charge is -2.14. The van der Waals surface area contributed by atoms with E-state index in [1.165, 1.54) is 0 Å². The molecule has 2 aromatic carbocycles. The van der Waals surface area contributed by atoms with Gasteiger partial charge in [0.05, 0.1) is 5.56 Å². The van der Waals surface area contributed by atoms with Crippen molar-refractivity contribution in [3.63, 3.8) is 0 Å². The van der Waals surface area contributed by atoms with Crippen molar-refractivity contribution in [1.29, 1.82) is 0 Å². The zero-order chi connectivity index (χ0) is 14.2.